The average molecular weight is 862 g/mol. The van der Waals surface area contributed by atoms with Gasteiger partial charge in [-0.3, -0.25) is 24.7 Å². The minimum Gasteiger partial charge on any atom is -0.504 e. The number of phenols is 1. The number of aromatic hydroxyl groups is 1. The molecule has 0 amide bonds. The van der Waals surface area contributed by atoms with E-state index in [1.54, 1.807) is 26.2 Å². The first-order valence-corrected chi connectivity index (χ1v) is 21.1. The zero-order valence-electron chi connectivity index (χ0n) is 34.7. The van der Waals surface area contributed by atoms with Gasteiger partial charge < -0.3 is 43.6 Å². The SMILES string of the molecule is C#CS[C@@H]1c2c(OC(C)=O)c(C)c3c(c2[C@H](COC(=O)[C@@H]2N[C@@H](C(=O)O)Cc4c2[nH]c2ccc(OC)cc42)N2[C@@H]1[C@H]1c4c(cc(C)c(OC)c4O)C4(C)CC2(C#N)CN14)OCO3. The second-order valence-corrected chi connectivity index (χ2v) is 17.9. The molecule has 4 aromatic rings. The molecule has 320 valence electrons. The molecule has 8 atom stereocenters. The number of ether oxygens (including phenoxy) is 6. The van der Waals surface area contributed by atoms with Crippen molar-refractivity contribution in [3.63, 3.8) is 0 Å². The van der Waals surface area contributed by atoms with E-state index in [0.717, 1.165) is 28.3 Å². The summed E-state index contributed by atoms with van der Waals surface area (Å²) in [7, 11) is 3.05. The van der Waals surface area contributed by atoms with Crippen molar-refractivity contribution in [2.45, 2.75) is 87.1 Å². The Kier molecular flexibility index (Phi) is 9.00. The number of methoxy groups -OCH3 is 2. The van der Waals surface area contributed by atoms with Crippen molar-refractivity contribution < 1.29 is 53.0 Å². The number of nitriles is 1. The third kappa shape index (κ3) is 5.29. The van der Waals surface area contributed by atoms with E-state index in [0.29, 0.717) is 68.4 Å². The van der Waals surface area contributed by atoms with E-state index < -0.39 is 64.4 Å². The van der Waals surface area contributed by atoms with Gasteiger partial charge in [0.15, 0.2) is 23.0 Å². The van der Waals surface area contributed by atoms with Gasteiger partial charge in [-0.15, -0.1) is 6.42 Å². The third-order valence-electron chi connectivity index (χ3n) is 13.9. The van der Waals surface area contributed by atoms with Crippen molar-refractivity contribution in [2.24, 2.45) is 0 Å². The number of carboxylic acids is 1. The highest BCUT2D eigenvalue weighted by Crippen LogP contribution is 2.71. The second kappa shape index (κ2) is 14.0. The minimum atomic E-state index is -1.22. The van der Waals surface area contributed by atoms with Crippen molar-refractivity contribution in [3.05, 3.63) is 68.9 Å². The molecular weight excluding hydrogens is 819 g/mol. The van der Waals surface area contributed by atoms with E-state index >= 15 is 0 Å². The quantitative estimate of drug-likeness (QED) is 0.104. The topological polar surface area (TPSA) is 205 Å². The monoisotopic (exact) mass is 861 g/mol. The number of nitrogens with zero attached hydrogens (tertiary/aromatic N) is 3. The van der Waals surface area contributed by atoms with Crippen molar-refractivity contribution in [3.8, 4) is 52.2 Å². The molecule has 17 heteroatoms. The van der Waals surface area contributed by atoms with Crippen molar-refractivity contribution in [2.75, 3.05) is 34.2 Å². The first-order valence-electron chi connectivity index (χ1n) is 20.2. The van der Waals surface area contributed by atoms with Gasteiger partial charge in [-0.25, -0.2) is 4.79 Å². The van der Waals surface area contributed by atoms with Crippen LogP contribution in [0, 0.1) is 36.9 Å². The van der Waals surface area contributed by atoms with Gasteiger partial charge in [0.2, 0.25) is 6.79 Å². The molecule has 6 aliphatic rings. The zero-order valence-corrected chi connectivity index (χ0v) is 35.5. The van der Waals surface area contributed by atoms with Crippen LogP contribution in [0.4, 0.5) is 0 Å². The molecule has 3 aromatic carbocycles. The van der Waals surface area contributed by atoms with Gasteiger partial charge in [-0.1, -0.05) is 11.8 Å². The van der Waals surface area contributed by atoms with E-state index in [1.807, 2.05) is 19.1 Å². The van der Waals surface area contributed by atoms with Gasteiger partial charge in [0.25, 0.3) is 0 Å². The summed E-state index contributed by atoms with van der Waals surface area (Å²) in [6.45, 7) is 6.77. The Labute approximate surface area is 360 Å². The molecule has 2 saturated heterocycles. The normalized spacial score (nSPS) is 28.5. The number of aromatic nitrogens is 1. The van der Waals surface area contributed by atoms with Crippen LogP contribution in [0.25, 0.3) is 10.9 Å². The van der Waals surface area contributed by atoms with Crippen LogP contribution in [0.5, 0.6) is 34.5 Å². The Balaban J connectivity index is 1.17. The highest BCUT2D eigenvalue weighted by atomic mass is 32.2. The number of hydrogen-bond acceptors (Lipinski definition) is 15. The average Bonchev–Trinajstić information content (AvgIpc) is 4.00. The summed E-state index contributed by atoms with van der Waals surface area (Å²) < 4.78 is 35.9. The maximum Gasteiger partial charge on any atom is 0.329 e. The maximum absolute atomic E-state index is 14.7. The summed E-state index contributed by atoms with van der Waals surface area (Å²) in [6, 6.07) is 5.55. The summed E-state index contributed by atoms with van der Waals surface area (Å²) in [4.78, 5) is 47.8. The molecule has 10 rings (SSSR count). The van der Waals surface area contributed by atoms with Gasteiger partial charge in [-0.05, 0) is 67.0 Å². The van der Waals surface area contributed by atoms with Gasteiger partial charge >= 0.3 is 17.9 Å². The molecule has 0 aliphatic carbocycles. The highest BCUT2D eigenvalue weighted by Gasteiger charge is 2.72. The number of carboxylic acid groups (broad SMARTS) is 1. The predicted octanol–water partition coefficient (Wildman–Crippen LogP) is 5.09. The lowest BCUT2D eigenvalue weighted by atomic mass is 9.72. The number of aryl methyl sites for hydroxylation is 1. The molecule has 2 bridgehead atoms. The number of piperazine rings is 1. The van der Waals surface area contributed by atoms with Crippen molar-refractivity contribution >= 4 is 40.6 Å². The fourth-order valence-corrected chi connectivity index (χ4v) is 12.5. The Hall–Kier alpha value is -6.11. The van der Waals surface area contributed by atoms with E-state index in [2.05, 4.69) is 38.3 Å². The van der Waals surface area contributed by atoms with Crippen LogP contribution < -0.4 is 29.0 Å². The standard InChI is InChI=1S/C45H43N5O11S/c1-8-62-41-31-30(40-39(59-18-60-40)20(3)38(31)61-21(4)51)28(14-58-43(55)33-32-24(13-27(48-33)42(53)54)23-12-22(56-6)9-10-26(23)47-32)50-35(41)34-29-25(11-19(2)37(57-7)36(29)52)44(5)15-45(50,16-46)17-49(34)44/h1,9-12,27-28,33-35,41,47-48,52H,13-15,17-18H2,2-7H3,(H,53,54)/t27-,28+,33-,34-,35-,41-,44?,45?/m1/s1. The van der Waals surface area contributed by atoms with Gasteiger partial charge in [0, 0.05) is 76.7 Å². The molecule has 6 aliphatic heterocycles. The smallest absolute Gasteiger partial charge is 0.329 e. The Morgan fingerprint density at radius 1 is 1.10 bits per heavy atom. The second-order valence-electron chi connectivity index (χ2n) is 17.0. The van der Waals surface area contributed by atoms with Gasteiger partial charge in [-0.2, -0.15) is 5.26 Å². The molecule has 4 N–H and O–H groups in total. The number of hydrogen-bond donors (Lipinski definition) is 4. The number of thioether (sulfide) groups is 1. The minimum absolute atomic E-state index is 0.0176. The third-order valence-corrected chi connectivity index (χ3v) is 14.8. The summed E-state index contributed by atoms with van der Waals surface area (Å²) in [6.07, 6.45) is 6.60. The zero-order chi connectivity index (χ0) is 43.7. The summed E-state index contributed by atoms with van der Waals surface area (Å²) in [5, 5.41) is 39.7. The number of esters is 2. The first-order chi connectivity index (χ1) is 29.7. The maximum atomic E-state index is 14.7. The summed E-state index contributed by atoms with van der Waals surface area (Å²) >= 11 is 1.16. The molecule has 7 heterocycles. The number of carbonyl (C=O) groups is 3. The number of benzene rings is 3. The van der Waals surface area contributed by atoms with E-state index in [4.69, 9.17) is 34.8 Å². The lowest BCUT2D eigenvalue weighted by Gasteiger charge is -2.57. The predicted molar refractivity (Wildman–Crippen MR) is 222 cm³/mol. The number of carbonyl (C=O) groups excluding carboxylic acids is 2. The Morgan fingerprint density at radius 2 is 1.87 bits per heavy atom. The highest BCUT2D eigenvalue weighted by molar-refractivity contribution is 8.04. The van der Waals surface area contributed by atoms with E-state index in [9.17, 15) is 29.9 Å². The van der Waals surface area contributed by atoms with E-state index in [-0.39, 0.29) is 37.9 Å². The number of fused-ring (bicyclic) bond motifs is 13. The Bertz CT molecular complexity index is 2760. The molecule has 2 fully saturated rings. The number of nitrogens with one attached hydrogen (secondary N) is 2. The fraction of sp³-hybridized carbons (Fsp3) is 0.422. The molecule has 0 saturated carbocycles. The van der Waals surface area contributed by atoms with Crippen molar-refractivity contribution in [1.82, 2.24) is 20.1 Å². The Morgan fingerprint density at radius 3 is 2.56 bits per heavy atom. The molecular formula is C45H43N5O11S. The fourth-order valence-electron chi connectivity index (χ4n) is 11.6. The lowest BCUT2D eigenvalue weighted by molar-refractivity contribution is -0.152. The van der Waals surface area contributed by atoms with Gasteiger partial charge in [0.05, 0.1) is 37.6 Å². The number of terminal acetylenes is 1. The number of H-pyrrole nitrogens is 1. The van der Waals surface area contributed by atoms with Crippen LogP contribution in [0.1, 0.15) is 88.3 Å². The molecule has 0 spiro atoms. The van der Waals surface area contributed by atoms with Crippen LogP contribution in [0.15, 0.2) is 24.3 Å². The molecule has 1 aromatic heterocycles. The van der Waals surface area contributed by atoms with Crippen LogP contribution in [-0.4, -0.2) is 94.7 Å². The molecule has 62 heavy (non-hydrogen) atoms. The van der Waals surface area contributed by atoms with Gasteiger partial charge in [0.1, 0.15) is 35.7 Å². The molecule has 2 unspecified atom stereocenters. The summed E-state index contributed by atoms with van der Waals surface area (Å²) in [5.41, 5.74) is 3.61. The van der Waals surface area contributed by atoms with Crippen LogP contribution in [0.3, 0.4) is 0 Å². The van der Waals surface area contributed by atoms with Crippen LogP contribution in [-0.2, 0) is 31.1 Å². The summed E-state index contributed by atoms with van der Waals surface area (Å²) in [5.74, 6) is -0.719. The van der Waals surface area contributed by atoms with Crippen LogP contribution in [0.2, 0.25) is 0 Å². The van der Waals surface area contributed by atoms with Crippen molar-refractivity contribution in [1.29, 1.82) is 5.26 Å². The first kappa shape index (κ1) is 40.0. The lowest BCUT2D eigenvalue weighted by Crippen LogP contribution is -2.66. The molecule has 0 radical (unpaired) electrons. The number of aromatic amines is 1. The number of aliphatic carboxylic acids is 1. The van der Waals surface area contributed by atoms with E-state index in [1.165, 1.54) is 14.0 Å². The largest absolute Gasteiger partial charge is 0.504 e. The van der Waals surface area contributed by atoms with Crippen LogP contribution >= 0.6 is 11.8 Å². The molecule has 16 nitrogen and oxygen atoms in total. The number of rotatable bonds is 8. The number of phenolic OH excluding ortho intramolecular Hbond substituents is 1.